The average Bonchev–Trinajstić information content (AvgIpc) is 2.91. The fourth-order valence-electron chi connectivity index (χ4n) is 2.02. The van der Waals surface area contributed by atoms with Crippen molar-refractivity contribution in [2.24, 2.45) is 12.8 Å². The van der Waals surface area contributed by atoms with E-state index in [9.17, 15) is 0 Å². The molecule has 2 N–H and O–H groups in total. The number of aromatic nitrogens is 3. The maximum atomic E-state index is 6.05. The summed E-state index contributed by atoms with van der Waals surface area (Å²) < 4.78 is 12.8. The lowest BCUT2D eigenvalue weighted by atomic mass is 10.0. The second-order valence-corrected chi connectivity index (χ2v) is 5.02. The van der Waals surface area contributed by atoms with Gasteiger partial charge in [-0.1, -0.05) is 12.1 Å². The zero-order chi connectivity index (χ0) is 15.2. The molecule has 2 rings (SSSR count). The predicted molar refractivity (Wildman–Crippen MR) is 80.3 cm³/mol. The Balaban J connectivity index is 2.12. The number of benzene rings is 1. The van der Waals surface area contributed by atoms with Crippen LogP contribution in [-0.2, 0) is 20.1 Å². The summed E-state index contributed by atoms with van der Waals surface area (Å²) in [4.78, 5) is 0. The highest BCUT2D eigenvalue weighted by molar-refractivity contribution is 5.40. The van der Waals surface area contributed by atoms with Crippen molar-refractivity contribution in [2.45, 2.75) is 32.4 Å². The van der Waals surface area contributed by atoms with Crippen molar-refractivity contribution in [1.29, 1.82) is 0 Å². The summed E-state index contributed by atoms with van der Waals surface area (Å²) in [5.41, 5.74) is 7.89. The number of hydrogen-bond donors (Lipinski definition) is 1. The summed E-state index contributed by atoms with van der Waals surface area (Å²) in [6.07, 6.45) is 3.51. The van der Waals surface area contributed by atoms with Crippen LogP contribution in [0.4, 0.5) is 0 Å². The smallest absolute Gasteiger partial charge is 0.134 e. The summed E-state index contributed by atoms with van der Waals surface area (Å²) in [5, 5.41) is 7.90. The molecule has 0 saturated heterocycles. The number of nitrogens with zero attached hydrogens (tertiary/aromatic N) is 3. The largest absolute Gasteiger partial charge is 0.497 e. The van der Waals surface area contributed by atoms with Crippen molar-refractivity contribution < 1.29 is 9.47 Å². The number of hydrogen-bond acceptors (Lipinski definition) is 5. The van der Waals surface area contributed by atoms with Crippen LogP contribution >= 0.6 is 0 Å². The van der Waals surface area contributed by atoms with Gasteiger partial charge in [0.25, 0.3) is 0 Å². The third-order valence-electron chi connectivity index (χ3n) is 3.30. The van der Waals surface area contributed by atoms with Crippen LogP contribution in [-0.4, -0.2) is 28.1 Å². The van der Waals surface area contributed by atoms with Gasteiger partial charge in [0.2, 0.25) is 0 Å². The SMILES string of the molecule is CCC(N)Cc1cc(OC)ccc1OCc1cn(C)nn1. The molecule has 0 spiro atoms. The van der Waals surface area contributed by atoms with Crippen LogP contribution in [0, 0.1) is 0 Å². The van der Waals surface area contributed by atoms with Gasteiger partial charge in [0.15, 0.2) is 0 Å². The van der Waals surface area contributed by atoms with Gasteiger partial charge in [0.05, 0.1) is 13.3 Å². The second kappa shape index (κ2) is 7.08. The molecule has 6 nitrogen and oxygen atoms in total. The van der Waals surface area contributed by atoms with Crippen LogP contribution in [0.5, 0.6) is 11.5 Å². The van der Waals surface area contributed by atoms with E-state index in [-0.39, 0.29) is 6.04 Å². The van der Waals surface area contributed by atoms with E-state index < -0.39 is 0 Å². The first-order valence-electron chi connectivity index (χ1n) is 7.02. The van der Waals surface area contributed by atoms with Crippen molar-refractivity contribution in [3.63, 3.8) is 0 Å². The summed E-state index contributed by atoms with van der Waals surface area (Å²) in [7, 11) is 3.48. The Bertz CT molecular complexity index is 583. The Morgan fingerprint density at radius 1 is 1.38 bits per heavy atom. The van der Waals surface area contributed by atoms with Crippen LogP contribution in [0.25, 0.3) is 0 Å². The minimum atomic E-state index is 0.107. The van der Waals surface area contributed by atoms with Crippen LogP contribution in [0.2, 0.25) is 0 Å². The zero-order valence-corrected chi connectivity index (χ0v) is 12.7. The Labute approximate surface area is 124 Å². The molecule has 1 aromatic carbocycles. The molecule has 1 unspecified atom stereocenters. The van der Waals surface area contributed by atoms with Crippen LogP contribution in [0.3, 0.4) is 0 Å². The van der Waals surface area contributed by atoms with E-state index in [1.165, 1.54) is 0 Å². The molecule has 1 heterocycles. The van der Waals surface area contributed by atoms with Crippen LogP contribution in [0.15, 0.2) is 24.4 Å². The number of methoxy groups -OCH3 is 1. The standard InChI is InChI=1S/C15H22N4O2/c1-4-12(16)7-11-8-14(20-3)5-6-15(11)21-10-13-9-19(2)18-17-13/h5-6,8-9,12H,4,7,10,16H2,1-3H3. The lowest BCUT2D eigenvalue weighted by Crippen LogP contribution is -2.21. The first kappa shape index (κ1) is 15.3. The zero-order valence-electron chi connectivity index (χ0n) is 12.7. The van der Waals surface area contributed by atoms with Crippen molar-refractivity contribution in [3.8, 4) is 11.5 Å². The highest BCUT2D eigenvalue weighted by Crippen LogP contribution is 2.26. The molecule has 114 valence electrons. The molecule has 1 aromatic heterocycles. The molecule has 1 atom stereocenters. The lowest BCUT2D eigenvalue weighted by Gasteiger charge is -2.15. The predicted octanol–water partition coefficient (Wildman–Crippen LogP) is 1.68. The number of aryl methyl sites for hydroxylation is 1. The Hall–Kier alpha value is -2.08. The summed E-state index contributed by atoms with van der Waals surface area (Å²) in [5.74, 6) is 1.62. The quantitative estimate of drug-likeness (QED) is 0.839. The van der Waals surface area contributed by atoms with E-state index >= 15 is 0 Å². The molecule has 0 amide bonds. The molecular weight excluding hydrogens is 268 g/mol. The maximum absolute atomic E-state index is 6.05. The van der Waals surface area contributed by atoms with Crippen molar-refractivity contribution in [2.75, 3.05) is 7.11 Å². The molecule has 0 aliphatic carbocycles. The average molecular weight is 290 g/mol. The Kier molecular flexibility index (Phi) is 5.16. The van der Waals surface area contributed by atoms with Gasteiger partial charge < -0.3 is 15.2 Å². The van der Waals surface area contributed by atoms with Crippen molar-refractivity contribution in [3.05, 3.63) is 35.7 Å². The van der Waals surface area contributed by atoms with Gasteiger partial charge in [-0.3, -0.25) is 4.68 Å². The monoisotopic (exact) mass is 290 g/mol. The number of rotatable bonds is 7. The third kappa shape index (κ3) is 4.19. The third-order valence-corrected chi connectivity index (χ3v) is 3.30. The van der Waals surface area contributed by atoms with E-state index in [0.717, 1.165) is 35.6 Å². The molecule has 0 fully saturated rings. The van der Waals surface area contributed by atoms with E-state index in [4.69, 9.17) is 15.2 Å². The highest BCUT2D eigenvalue weighted by atomic mass is 16.5. The molecule has 0 aliphatic rings. The van der Waals surface area contributed by atoms with E-state index in [0.29, 0.717) is 6.61 Å². The van der Waals surface area contributed by atoms with Crippen molar-refractivity contribution >= 4 is 0 Å². The summed E-state index contributed by atoms with van der Waals surface area (Å²) >= 11 is 0. The van der Waals surface area contributed by atoms with Gasteiger partial charge >= 0.3 is 0 Å². The molecule has 0 radical (unpaired) electrons. The normalized spacial score (nSPS) is 12.2. The van der Waals surface area contributed by atoms with Gasteiger partial charge in [0, 0.05) is 13.1 Å². The second-order valence-electron chi connectivity index (χ2n) is 5.02. The van der Waals surface area contributed by atoms with E-state index in [1.54, 1.807) is 11.8 Å². The topological polar surface area (TPSA) is 75.2 Å². The lowest BCUT2D eigenvalue weighted by molar-refractivity contribution is 0.296. The number of ether oxygens (including phenoxy) is 2. The maximum Gasteiger partial charge on any atom is 0.134 e. The van der Waals surface area contributed by atoms with Crippen LogP contribution < -0.4 is 15.2 Å². The molecule has 6 heteroatoms. The van der Waals surface area contributed by atoms with Crippen LogP contribution in [0.1, 0.15) is 24.6 Å². The van der Waals surface area contributed by atoms with Gasteiger partial charge in [-0.2, -0.15) is 0 Å². The first-order valence-corrected chi connectivity index (χ1v) is 7.02. The Morgan fingerprint density at radius 2 is 2.19 bits per heavy atom. The molecule has 0 saturated carbocycles. The highest BCUT2D eigenvalue weighted by Gasteiger charge is 2.10. The van der Waals surface area contributed by atoms with Gasteiger partial charge in [-0.25, -0.2) is 0 Å². The molecule has 0 aliphatic heterocycles. The summed E-state index contributed by atoms with van der Waals surface area (Å²) in [6, 6.07) is 5.87. The van der Waals surface area contributed by atoms with Gasteiger partial charge in [-0.15, -0.1) is 5.10 Å². The molecule has 21 heavy (non-hydrogen) atoms. The summed E-state index contributed by atoms with van der Waals surface area (Å²) in [6.45, 7) is 2.46. The van der Waals surface area contributed by atoms with Crippen molar-refractivity contribution in [1.82, 2.24) is 15.0 Å². The first-order chi connectivity index (χ1) is 10.1. The van der Waals surface area contributed by atoms with E-state index in [1.807, 2.05) is 31.4 Å². The number of nitrogens with two attached hydrogens (primary N) is 1. The molecular formula is C15H22N4O2. The van der Waals surface area contributed by atoms with E-state index in [2.05, 4.69) is 17.2 Å². The Morgan fingerprint density at radius 3 is 2.81 bits per heavy atom. The molecule has 0 bridgehead atoms. The fraction of sp³-hybridized carbons (Fsp3) is 0.467. The molecule has 2 aromatic rings. The minimum Gasteiger partial charge on any atom is -0.497 e. The minimum absolute atomic E-state index is 0.107. The fourth-order valence-corrected chi connectivity index (χ4v) is 2.02. The van der Waals surface area contributed by atoms with Gasteiger partial charge in [0.1, 0.15) is 23.8 Å². The van der Waals surface area contributed by atoms with Gasteiger partial charge in [-0.05, 0) is 36.6 Å².